The number of nitrogens with one attached hydrogen (secondary N) is 2. The van der Waals surface area contributed by atoms with E-state index in [4.69, 9.17) is 9.94 Å². The number of fused-ring (bicyclic) bond motifs is 1. The van der Waals surface area contributed by atoms with Gasteiger partial charge in [0, 0.05) is 45.7 Å². The van der Waals surface area contributed by atoms with Gasteiger partial charge in [0.05, 0.1) is 6.10 Å². The van der Waals surface area contributed by atoms with Gasteiger partial charge in [-0.15, -0.1) is 11.8 Å². The number of aromatic nitrogens is 1. The summed E-state index contributed by atoms with van der Waals surface area (Å²) < 4.78 is 7.69. The first-order valence-corrected chi connectivity index (χ1v) is 13.0. The first-order valence-electron chi connectivity index (χ1n) is 12.1. The van der Waals surface area contributed by atoms with Crippen LogP contribution in [0, 0.1) is 0 Å². The van der Waals surface area contributed by atoms with E-state index in [9.17, 15) is 9.59 Å². The Bertz CT molecular complexity index is 977. The van der Waals surface area contributed by atoms with Crippen molar-refractivity contribution in [3.05, 3.63) is 29.5 Å². The maximum atomic E-state index is 12.1. The molecule has 0 saturated carbocycles. The summed E-state index contributed by atoms with van der Waals surface area (Å²) in [6.45, 7) is 16.0. The van der Waals surface area contributed by atoms with Crippen LogP contribution in [-0.2, 0) is 22.5 Å². The lowest BCUT2D eigenvalue weighted by molar-refractivity contribution is -0.147. The van der Waals surface area contributed by atoms with Crippen LogP contribution in [0.25, 0.3) is 10.9 Å². The number of carbonyl (C=O) groups excluding carboxylic acids is 2. The van der Waals surface area contributed by atoms with E-state index < -0.39 is 6.03 Å². The molecule has 8 heteroatoms. The predicted molar refractivity (Wildman–Crippen MR) is 139 cm³/mol. The Morgan fingerprint density at radius 3 is 2.44 bits per heavy atom. The third-order valence-electron chi connectivity index (χ3n) is 5.33. The summed E-state index contributed by atoms with van der Waals surface area (Å²) >= 11 is 1.87. The van der Waals surface area contributed by atoms with Crippen LogP contribution in [0.4, 0.5) is 4.79 Å². The minimum absolute atomic E-state index is 0.0268. The molecule has 0 aliphatic carbocycles. The number of carbonyl (C=O) groups is 2. The van der Waals surface area contributed by atoms with Gasteiger partial charge in [0.25, 0.3) is 0 Å². The number of hydrogen-bond acceptors (Lipinski definition) is 5. The average molecular weight is 492 g/mol. The number of rotatable bonds is 11. The van der Waals surface area contributed by atoms with Crippen LogP contribution < -0.4 is 10.8 Å². The van der Waals surface area contributed by atoms with E-state index in [-0.39, 0.29) is 16.8 Å². The van der Waals surface area contributed by atoms with Gasteiger partial charge in [0.15, 0.2) is 0 Å². The number of hydroxylamine groups is 1. The zero-order valence-electron chi connectivity index (χ0n) is 21.7. The van der Waals surface area contributed by atoms with Gasteiger partial charge in [-0.1, -0.05) is 40.7 Å². The summed E-state index contributed by atoms with van der Waals surface area (Å²) in [5.74, 6) is 0.264. The zero-order valence-corrected chi connectivity index (χ0v) is 22.5. The summed E-state index contributed by atoms with van der Waals surface area (Å²) in [6.07, 6.45) is 2.47. The third-order valence-corrected chi connectivity index (χ3v) is 6.60. The molecule has 1 aromatic heterocycles. The molecule has 0 saturated heterocycles. The maximum absolute atomic E-state index is 12.1. The predicted octanol–water partition coefficient (Wildman–Crippen LogP) is 6.01. The van der Waals surface area contributed by atoms with Gasteiger partial charge < -0.3 is 14.6 Å². The van der Waals surface area contributed by atoms with Gasteiger partial charge in [-0.25, -0.2) is 10.3 Å². The van der Waals surface area contributed by atoms with Gasteiger partial charge in [-0.3, -0.25) is 10.0 Å². The molecule has 2 rings (SSSR count). The summed E-state index contributed by atoms with van der Waals surface area (Å²) in [6, 6.07) is 6.09. The van der Waals surface area contributed by atoms with E-state index in [1.807, 2.05) is 25.6 Å². The Morgan fingerprint density at radius 1 is 1.15 bits per heavy atom. The number of aryl methyl sites for hydroxylation is 1. The summed E-state index contributed by atoms with van der Waals surface area (Å²) in [7, 11) is 0. The molecule has 3 N–H and O–H groups in total. The Hall–Kier alpha value is -2.19. The van der Waals surface area contributed by atoms with Crippen molar-refractivity contribution in [2.45, 2.75) is 102 Å². The van der Waals surface area contributed by atoms with E-state index in [0.29, 0.717) is 31.7 Å². The maximum Gasteiger partial charge on any atom is 0.338 e. The van der Waals surface area contributed by atoms with Crippen molar-refractivity contribution < 1.29 is 19.5 Å². The van der Waals surface area contributed by atoms with Crippen molar-refractivity contribution in [1.29, 1.82) is 0 Å². The van der Waals surface area contributed by atoms with Crippen LogP contribution in [0.1, 0.15) is 84.9 Å². The highest BCUT2D eigenvalue weighted by atomic mass is 32.2. The zero-order chi connectivity index (χ0) is 25.5. The van der Waals surface area contributed by atoms with Crippen LogP contribution in [0.3, 0.4) is 0 Å². The number of thioether (sulfide) groups is 1. The second kappa shape index (κ2) is 12.5. The SMILES string of the molecule is CC(C)OC(=O)CCCc1c(SC(C)(C)C)c2cc(C(C)C)ccc2n1CCCNC(=O)NO. The van der Waals surface area contributed by atoms with E-state index in [2.05, 4.69) is 62.7 Å². The minimum atomic E-state index is -0.605. The van der Waals surface area contributed by atoms with Crippen molar-refractivity contribution in [2.24, 2.45) is 0 Å². The van der Waals surface area contributed by atoms with Gasteiger partial charge in [0.2, 0.25) is 0 Å². The molecule has 0 radical (unpaired) electrons. The van der Waals surface area contributed by atoms with Crippen LogP contribution >= 0.6 is 11.8 Å². The molecule has 0 atom stereocenters. The molecule has 0 aliphatic rings. The number of amides is 2. The summed E-state index contributed by atoms with van der Waals surface area (Å²) in [5, 5.41) is 12.6. The number of ether oxygens (including phenoxy) is 1. The molecule has 34 heavy (non-hydrogen) atoms. The van der Waals surface area contributed by atoms with Gasteiger partial charge in [-0.05, 0) is 56.7 Å². The highest BCUT2D eigenvalue weighted by Gasteiger charge is 2.23. The van der Waals surface area contributed by atoms with Crippen LogP contribution in [-0.4, -0.2) is 39.2 Å². The lowest BCUT2D eigenvalue weighted by atomic mass is 10.0. The Morgan fingerprint density at radius 2 is 1.85 bits per heavy atom. The van der Waals surface area contributed by atoms with Crippen LogP contribution in [0.2, 0.25) is 0 Å². The lowest BCUT2D eigenvalue weighted by Gasteiger charge is -2.19. The number of hydrogen-bond donors (Lipinski definition) is 3. The first kappa shape index (κ1) is 28.1. The van der Waals surface area contributed by atoms with Crippen molar-refractivity contribution >= 4 is 34.7 Å². The minimum Gasteiger partial charge on any atom is -0.463 e. The van der Waals surface area contributed by atoms with Crippen molar-refractivity contribution in [2.75, 3.05) is 6.54 Å². The number of nitrogens with zero attached hydrogens (tertiary/aromatic N) is 1. The average Bonchev–Trinajstić information content (AvgIpc) is 3.01. The lowest BCUT2D eigenvalue weighted by Crippen LogP contribution is -2.34. The molecule has 0 aliphatic heterocycles. The monoisotopic (exact) mass is 491 g/mol. The Kier molecular flexibility index (Phi) is 10.3. The quantitative estimate of drug-likeness (QED) is 0.118. The van der Waals surface area contributed by atoms with E-state index in [0.717, 1.165) is 13.0 Å². The fourth-order valence-corrected chi connectivity index (χ4v) is 5.09. The molecule has 7 nitrogen and oxygen atoms in total. The standard InChI is InChI=1S/C26H41N3O4S/c1-17(2)19-12-13-21-20(16-19)24(34-26(5,6)7)22(10-8-11-23(30)33-18(3)4)29(21)15-9-14-27-25(31)28-32/h12-13,16-18,32H,8-11,14-15H2,1-7H3,(H2,27,28,31). The highest BCUT2D eigenvalue weighted by molar-refractivity contribution is 8.00. The van der Waals surface area contributed by atoms with E-state index in [1.54, 1.807) is 5.48 Å². The number of benzene rings is 1. The second-order valence-electron chi connectivity index (χ2n) is 10.2. The van der Waals surface area contributed by atoms with E-state index >= 15 is 0 Å². The molecule has 1 aromatic carbocycles. The molecule has 2 amide bonds. The molecule has 0 fully saturated rings. The molecule has 0 spiro atoms. The summed E-state index contributed by atoms with van der Waals surface area (Å²) in [5.41, 5.74) is 5.29. The largest absolute Gasteiger partial charge is 0.463 e. The molecule has 1 heterocycles. The third kappa shape index (κ3) is 8.24. The fraction of sp³-hybridized carbons (Fsp3) is 0.615. The van der Waals surface area contributed by atoms with Crippen LogP contribution in [0.15, 0.2) is 23.1 Å². The fourth-order valence-electron chi connectivity index (χ4n) is 3.88. The van der Waals surface area contributed by atoms with Crippen molar-refractivity contribution in [3.8, 4) is 0 Å². The molecule has 2 aromatic rings. The highest BCUT2D eigenvalue weighted by Crippen LogP contribution is 2.42. The normalized spacial score (nSPS) is 11.9. The van der Waals surface area contributed by atoms with Crippen molar-refractivity contribution in [1.82, 2.24) is 15.4 Å². The topological polar surface area (TPSA) is 92.6 Å². The molecule has 0 bridgehead atoms. The van der Waals surface area contributed by atoms with Gasteiger partial charge >= 0.3 is 12.0 Å². The summed E-state index contributed by atoms with van der Waals surface area (Å²) in [4.78, 5) is 24.7. The number of esters is 1. The Balaban J connectivity index is 2.43. The smallest absolute Gasteiger partial charge is 0.338 e. The van der Waals surface area contributed by atoms with Crippen molar-refractivity contribution in [3.63, 3.8) is 0 Å². The molecular weight excluding hydrogens is 450 g/mol. The Labute approximate surface area is 208 Å². The second-order valence-corrected chi connectivity index (χ2v) is 12.0. The number of urea groups is 1. The van der Waals surface area contributed by atoms with Gasteiger partial charge in [-0.2, -0.15) is 0 Å². The van der Waals surface area contributed by atoms with Gasteiger partial charge in [0.1, 0.15) is 0 Å². The van der Waals surface area contributed by atoms with E-state index in [1.165, 1.54) is 27.1 Å². The van der Waals surface area contributed by atoms with Crippen LogP contribution in [0.5, 0.6) is 0 Å². The molecular formula is C26H41N3O4S. The molecule has 0 unspecified atom stereocenters. The molecule has 190 valence electrons. The first-order chi connectivity index (χ1) is 15.9.